The van der Waals surface area contributed by atoms with Crippen molar-refractivity contribution in [3.8, 4) is 17.0 Å². The molecule has 50 heavy (non-hydrogen) atoms. The van der Waals surface area contributed by atoms with E-state index in [9.17, 15) is 30.7 Å². The zero-order valence-corrected chi connectivity index (χ0v) is 25.8. The predicted molar refractivity (Wildman–Crippen MR) is 165 cm³/mol. The Labute approximate surface area is 277 Å². The minimum absolute atomic E-state index is 0.129. The highest BCUT2D eigenvalue weighted by Gasteiger charge is 2.39. The number of benzene rings is 3. The van der Waals surface area contributed by atoms with Crippen LogP contribution < -0.4 is 16.2 Å². The van der Waals surface area contributed by atoms with Crippen molar-refractivity contribution >= 4 is 34.2 Å². The number of nitrogens with one attached hydrogen (secondary N) is 1. The first-order valence-corrected chi connectivity index (χ1v) is 14.0. The van der Waals surface area contributed by atoms with Crippen LogP contribution in [0, 0.1) is 11.6 Å². The van der Waals surface area contributed by atoms with Gasteiger partial charge in [0, 0.05) is 22.2 Å². The lowest BCUT2D eigenvalue weighted by Crippen LogP contribution is -2.21. The van der Waals surface area contributed by atoms with Crippen LogP contribution in [-0.2, 0) is 16.0 Å². The molecule has 0 fully saturated rings. The Morgan fingerprint density at radius 3 is 2.08 bits per heavy atom. The number of halogens is 8. The van der Waals surface area contributed by atoms with Gasteiger partial charge in [-0.3, -0.25) is 0 Å². The summed E-state index contributed by atoms with van der Waals surface area (Å²) >= 11 is 0. The molecular formula is C32H27F8N5O5. The normalized spacial score (nSPS) is 11.9. The van der Waals surface area contributed by atoms with Crippen LogP contribution in [0.4, 0.5) is 46.6 Å². The molecule has 18 heteroatoms. The number of nitrogens with two attached hydrogens (primary N) is 2. The molecule has 0 saturated heterocycles. The number of ether oxygens (including phenoxy) is 1. The molecule has 0 aliphatic carbocycles. The number of aromatic amines is 1. The molecule has 0 spiro atoms. The van der Waals surface area contributed by atoms with E-state index in [1.165, 1.54) is 19.2 Å². The maximum Gasteiger partial charge on any atom is 0.490 e. The first-order chi connectivity index (χ1) is 23.3. The number of imidazole rings is 1. The molecule has 1 atom stereocenters. The Bertz CT molecular complexity index is 1970. The average molecular weight is 714 g/mol. The number of aryl methyl sites for hydroxylation is 1. The molecule has 5 rings (SSSR count). The molecule has 0 bridgehead atoms. The molecular weight excluding hydrogens is 686 g/mol. The molecule has 3 aromatic carbocycles. The smallest absolute Gasteiger partial charge is 0.490 e. The highest BCUT2D eigenvalue weighted by atomic mass is 19.4. The van der Waals surface area contributed by atoms with E-state index in [4.69, 9.17) is 36.0 Å². The maximum absolute atomic E-state index is 15.8. The van der Waals surface area contributed by atoms with E-state index >= 15 is 4.39 Å². The molecule has 10 nitrogen and oxygen atoms in total. The molecule has 1 unspecified atom stereocenters. The summed E-state index contributed by atoms with van der Waals surface area (Å²) in [6, 6.07) is 16.8. The molecule has 0 aliphatic rings. The van der Waals surface area contributed by atoms with Gasteiger partial charge in [0.05, 0.1) is 30.6 Å². The Hall–Kier alpha value is -5.94. The molecule has 5 aromatic rings. The van der Waals surface area contributed by atoms with E-state index in [1.807, 2.05) is 19.1 Å². The minimum Gasteiger partial charge on any atom is -0.494 e. The number of fused-ring (bicyclic) bond motifs is 1. The average Bonchev–Trinajstić information content (AvgIpc) is 3.51. The van der Waals surface area contributed by atoms with E-state index in [0.717, 1.165) is 16.3 Å². The minimum atomic E-state index is -5.08. The molecule has 0 radical (unpaired) electrons. The number of H-pyrrole nitrogens is 1. The van der Waals surface area contributed by atoms with Gasteiger partial charge in [-0.05, 0) is 59.8 Å². The number of hydrogen-bond donors (Lipinski definition) is 5. The lowest BCUT2D eigenvalue weighted by molar-refractivity contribution is -0.193. The largest absolute Gasteiger partial charge is 0.494 e. The number of anilines is 2. The van der Waals surface area contributed by atoms with Crippen molar-refractivity contribution in [1.82, 2.24) is 15.0 Å². The van der Waals surface area contributed by atoms with Crippen molar-refractivity contribution in [2.45, 2.75) is 31.6 Å². The van der Waals surface area contributed by atoms with Gasteiger partial charge in [-0.15, -0.1) is 0 Å². The molecule has 2 heterocycles. The zero-order valence-electron chi connectivity index (χ0n) is 25.8. The number of alkyl halides is 6. The molecule has 0 amide bonds. The first-order valence-electron chi connectivity index (χ1n) is 14.0. The van der Waals surface area contributed by atoms with E-state index in [-0.39, 0.29) is 11.6 Å². The van der Waals surface area contributed by atoms with Crippen LogP contribution in [-0.4, -0.2) is 56.6 Å². The van der Waals surface area contributed by atoms with E-state index in [1.54, 1.807) is 42.6 Å². The fourth-order valence-corrected chi connectivity index (χ4v) is 4.45. The number of carbonyl (C=O) groups is 2. The van der Waals surface area contributed by atoms with Gasteiger partial charge in [0.15, 0.2) is 11.6 Å². The van der Waals surface area contributed by atoms with Gasteiger partial charge >= 0.3 is 24.3 Å². The summed E-state index contributed by atoms with van der Waals surface area (Å²) < 4.78 is 98.4. The van der Waals surface area contributed by atoms with Crippen molar-refractivity contribution in [2.75, 3.05) is 18.6 Å². The van der Waals surface area contributed by atoms with Crippen molar-refractivity contribution in [3.05, 3.63) is 101 Å². The zero-order chi connectivity index (χ0) is 37.6. The Morgan fingerprint density at radius 2 is 1.54 bits per heavy atom. The van der Waals surface area contributed by atoms with Gasteiger partial charge in [-0.25, -0.2) is 28.3 Å². The van der Waals surface area contributed by atoms with Gasteiger partial charge in [-0.2, -0.15) is 26.3 Å². The van der Waals surface area contributed by atoms with Crippen molar-refractivity contribution in [1.29, 1.82) is 0 Å². The molecule has 266 valence electrons. The van der Waals surface area contributed by atoms with Crippen molar-refractivity contribution in [3.63, 3.8) is 0 Å². The second kappa shape index (κ2) is 15.5. The highest BCUT2D eigenvalue weighted by molar-refractivity contribution is 5.93. The van der Waals surface area contributed by atoms with Crippen LogP contribution in [0.15, 0.2) is 66.9 Å². The summed E-state index contributed by atoms with van der Waals surface area (Å²) in [5, 5.41) is 15.8. The number of hydrogen-bond acceptors (Lipinski definition) is 7. The van der Waals surface area contributed by atoms with Crippen molar-refractivity contribution in [2.24, 2.45) is 0 Å². The summed E-state index contributed by atoms with van der Waals surface area (Å²) in [5.41, 5.74) is 15.8. The van der Waals surface area contributed by atoms with Crippen LogP contribution in [0.2, 0.25) is 0 Å². The number of methoxy groups -OCH3 is 1. The highest BCUT2D eigenvalue weighted by Crippen LogP contribution is 2.38. The topological polar surface area (TPSA) is 177 Å². The number of carboxylic acids is 2. The van der Waals surface area contributed by atoms with E-state index in [0.29, 0.717) is 46.3 Å². The van der Waals surface area contributed by atoms with E-state index in [2.05, 4.69) is 15.0 Å². The second-order valence-electron chi connectivity index (χ2n) is 10.2. The first kappa shape index (κ1) is 38.5. The number of nitrogens with zero attached hydrogens (tertiary/aromatic N) is 2. The molecule has 0 saturated carbocycles. The number of carboxylic acid groups (broad SMARTS) is 2. The number of rotatable bonds is 6. The SMILES string of the molecule is CCc1cc(OC)c(F)c(C(c2cc3cc(N)ccc3c(N)n2)c2ncc(-c3cccc(F)c3)[nH]2)c1.O=C(O)C(F)(F)F.O=C(O)C(F)(F)F. The number of aliphatic carboxylic acids is 2. The monoisotopic (exact) mass is 713 g/mol. The quantitative estimate of drug-likeness (QED) is 0.0908. The van der Waals surface area contributed by atoms with Crippen LogP contribution in [0.25, 0.3) is 22.0 Å². The Balaban J connectivity index is 0.000000408. The van der Waals surface area contributed by atoms with Crippen LogP contribution in [0.5, 0.6) is 5.75 Å². The standard InChI is InChI=1S/C28H25F2N5O.2C2HF3O2/c1-3-15-9-21(26(30)24(10-15)36-2)25(22-13-17-12-19(31)7-8-20(17)27(32)34-22)28-33-14-23(35-28)16-5-4-6-18(29)11-16;2*3-2(4,5)1(6)7/h4-14,25H,3,31H2,1-2H3,(H2,32,34)(H,33,35);2*(H,6,7). The summed E-state index contributed by atoms with van der Waals surface area (Å²) in [6.45, 7) is 1.98. The van der Waals surface area contributed by atoms with Gasteiger partial charge in [-0.1, -0.05) is 25.1 Å². The van der Waals surface area contributed by atoms with Crippen LogP contribution >= 0.6 is 0 Å². The summed E-state index contributed by atoms with van der Waals surface area (Å²) in [5.74, 6) is -6.29. The second-order valence-corrected chi connectivity index (χ2v) is 10.2. The van der Waals surface area contributed by atoms with Gasteiger partial charge in [0.25, 0.3) is 0 Å². The third-order valence-electron chi connectivity index (χ3n) is 6.76. The molecule has 2 aromatic heterocycles. The fraction of sp³-hybridized carbons (Fsp3) is 0.188. The fourth-order valence-electron chi connectivity index (χ4n) is 4.45. The molecule has 7 N–H and O–H groups in total. The lowest BCUT2D eigenvalue weighted by atomic mass is 9.90. The maximum atomic E-state index is 15.8. The number of nitrogen functional groups attached to an aromatic ring is 2. The van der Waals surface area contributed by atoms with Crippen LogP contribution in [0.3, 0.4) is 0 Å². The predicted octanol–water partition coefficient (Wildman–Crippen LogP) is 7.09. The van der Waals surface area contributed by atoms with Gasteiger partial charge < -0.3 is 31.4 Å². The van der Waals surface area contributed by atoms with Crippen LogP contribution in [0.1, 0.15) is 35.5 Å². The third-order valence-corrected chi connectivity index (χ3v) is 6.76. The summed E-state index contributed by atoms with van der Waals surface area (Å²) in [4.78, 5) is 30.2. The van der Waals surface area contributed by atoms with Gasteiger partial charge in [0.1, 0.15) is 17.5 Å². The van der Waals surface area contributed by atoms with Gasteiger partial charge in [0.2, 0.25) is 0 Å². The Morgan fingerprint density at radius 1 is 0.920 bits per heavy atom. The third kappa shape index (κ3) is 9.57. The van der Waals surface area contributed by atoms with Crippen molar-refractivity contribution < 1.29 is 59.7 Å². The van der Waals surface area contributed by atoms with E-state index < -0.39 is 36.0 Å². The lowest BCUT2D eigenvalue weighted by Gasteiger charge is -2.20. The summed E-state index contributed by atoms with van der Waals surface area (Å²) in [6.07, 6.45) is -7.90. The Kier molecular flexibility index (Phi) is 12.0. The molecule has 0 aliphatic heterocycles. The summed E-state index contributed by atoms with van der Waals surface area (Å²) in [7, 11) is 1.43. The number of pyridine rings is 1. The number of aromatic nitrogens is 3.